The van der Waals surface area contributed by atoms with E-state index in [-0.39, 0.29) is 6.61 Å². The molecule has 0 bridgehead atoms. The predicted molar refractivity (Wildman–Crippen MR) is 67.8 cm³/mol. The third kappa shape index (κ3) is 2.22. The molecule has 0 aliphatic heterocycles. The lowest BCUT2D eigenvalue weighted by molar-refractivity contribution is 0.275. The SMILES string of the molecule is CCCc1c(CO)nnn1-c1ccccc1OC. The standard InChI is InChI=1S/C13H17N3O2/c1-3-6-11-10(9-17)14-15-16(11)12-7-4-5-8-13(12)18-2/h4-5,7-8,17H,3,6,9H2,1-2H3. The van der Waals surface area contributed by atoms with Crippen LogP contribution in [0.25, 0.3) is 5.69 Å². The second-order valence-electron chi connectivity index (χ2n) is 3.97. The molecule has 0 radical (unpaired) electrons. The first-order chi connectivity index (χ1) is 8.81. The van der Waals surface area contributed by atoms with E-state index in [0.29, 0.717) is 5.69 Å². The molecule has 0 amide bonds. The summed E-state index contributed by atoms with van der Waals surface area (Å²) in [6.45, 7) is 1.99. The van der Waals surface area contributed by atoms with Gasteiger partial charge < -0.3 is 9.84 Å². The fraction of sp³-hybridized carbons (Fsp3) is 0.385. The maximum Gasteiger partial charge on any atom is 0.144 e. The molecular weight excluding hydrogens is 230 g/mol. The smallest absolute Gasteiger partial charge is 0.144 e. The van der Waals surface area contributed by atoms with Crippen molar-refractivity contribution >= 4 is 0 Å². The number of benzene rings is 1. The molecule has 1 aromatic heterocycles. The van der Waals surface area contributed by atoms with Gasteiger partial charge in [0.15, 0.2) is 0 Å². The number of aliphatic hydroxyl groups excluding tert-OH is 1. The van der Waals surface area contributed by atoms with Crippen molar-refractivity contribution in [1.29, 1.82) is 0 Å². The van der Waals surface area contributed by atoms with Gasteiger partial charge in [-0.2, -0.15) is 0 Å². The number of para-hydroxylation sites is 2. The zero-order chi connectivity index (χ0) is 13.0. The van der Waals surface area contributed by atoms with E-state index in [4.69, 9.17) is 4.74 Å². The summed E-state index contributed by atoms with van der Waals surface area (Å²) in [6.07, 6.45) is 1.79. The van der Waals surface area contributed by atoms with E-state index in [1.165, 1.54) is 0 Å². The van der Waals surface area contributed by atoms with Crippen LogP contribution in [-0.2, 0) is 13.0 Å². The molecule has 1 aromatic carbocycles. The summed E-state index contributed by atoms with van der Waals surface area (Å²) >= 11 is 0. The van der Waals surface area contributed by atoms with E-state index in [2.05, 4.69) is 17.2 Å². The summed E-state index contributed by atoms with van der Waals surface area (Å²) in [4.78, 5) is 0. The number of aliphatic hydroxyl groups is 1. The van der Waals surface area contributed by atoms with Crippen LogP contribution >= 0.6 is 0 Å². The van der Waals surface area contributed by atoms with Crippen molar-refractivity contribution < 1.29 is 9.84 Å². The normalized spacial score (nSPS) is 10.6. The molecule has 1 heterocycles. The van der Waals surface area contributed by atoms with E-state index >= 15 is 0 Å². The lowest BCUT2D eigenvalue weighted by atomic mass is 10.2. The van der Waals surface area contributed by atoms with Crippen LogP contribution in [-0.4, -0.2) is 27.2 Å². The molecule has 2 rings (SSSR count). The van der Waals surface area contributed by atoms with E-state index in [1.807, 2.05) is 24.3 Å². The summed E-state index contributed by atoms with van der Waals surface area (Å²) in [6, 6.07) is 7.64. The molecule has 0 atom stereocenters. The fourth-order valence-corrected chi connectivity index (χ4v) is 1.94. The number of hydrogen-bond donors (Lipinski definition) is 1. The van der Waals surface area contributed by atoms with Crippen molar-refractivity contribution in [2.24, 2.45) is 0 Å². The molecule has 0 aliphatic carbocycles. The molecule has 5 heteroatoms. The van der Waals surface area contributed by atoms with Crippen molar-refractivity contribution in [3.05, 3.63) is 35.7 Å². The van der Waals surface area contributed by atoms with E-state index < -0.39 is 0 Å². The number of nitrogens with zero attached hydrogens (tertiary/aromatic N) is 3. The molecule has 0 unspecified atom stereocenters. The van der Waals surface area contributed by atoms with Crippen molar-refractivity contribution in [2.75, 3.05) is 7.11 Å². The minimum Gasteiger partial charge on any atom is -0.494 e. The molecule has 96 valence electrons. The molecule has 0 saturated carbocycles. The van der Waals surface area contributed by atoms with Crippen LogP contribution in [0, 0.1) is 0 Å². The van der Waals surface area contributed by atoms with Gasteiger partial charge in [-0.25, -0.2) is 4.68 Å². The first kappa shape index (κ1) is 12.6. The Morgan fingerprint density at radius 3 is 2.78 bits per heavy atom. The molecule has 2 aromatic rings. The second-order valence-corrected chi connectivity index (χ2v) is 3.97. The van der Waals surface area contributed by atoms with Crippen molar-refractivity contribution in [2.45, 2.75) is 26.4 Å². The second kappa shape index (κ2) is 5.64. The largest absolute Gasteiger partial charge is 0.494 e. The van der Waals surface area contributed by atoms with E-state index in [9.17, 15) is 5.11 Å². The zero-order valence-electron chi connectivity index (χ0n) is 10.6. The summed E-state index contributed by atoms with van der Waals surface area (Å²) in [5, 5.41) is 17.4. The van der Waals surface area contributed by atoms with Gasteiger partial charge in [-0.15, -0.1) is 5.10 Å². The minimum absolute atomic E-state index is 0.0928. The fourth-order valence-electron chi connectivity index (χ4n) is 1.94. The van der Waals surface area contributed by atoms with Crippen LogP contribution in [0.2, 0.25) is 0 Å². The Hall–Kier alpha value is -1.88. The number of hydrogen-bond acceptors (Lipinski definition) is 4. The van der Waals surface area contributed by atoms with Crippen molar-refractivity contribution in [3.8, 4) is 11.4 Å². The molecular formula is C13H17N3O2. The molecule has 0 fully saturated rings. The third-order valence-corrected chi connectivity index (χ3v) is 2.79. The van der Waals surface area contributed by atoms with Gasteiger partial charge in [-0.3, -0.25) is 0 Å². The van der Waals surface area contributed by atoms with Gasteiger partial charge in [0, 0.05) is 0 Å². The highest BCUT2D eigenvalue weighted by molar-refractivity contribution is 5.47. The Morgan fingerprint density at radius 1 is 1.33 bits per heavy atom. The summed E-state index contributed by atoms with van der Waals surface area (Å²) in [5.74, 6) is 0.740. The molecule has 1 N–H and O–H groups in total. The van der Waals surface area contributed by atoms with Crippen molar-refractivity contribution in [3.63, 3.8) is 0 Å². The highest BCUT2D eigenvalue weighted by Gasteiger charge is 2.15. The van der Waals surface area contributed by atoms with Crippen LogP contribution < -0.4 is 4.74 Å². The van der Waals surface area contributed by atoms with Crippen LogP contribution in [0.4, 0.5) is 0 Å². The Kier molecular flexibility index (Phi) is 3.94. The molecule has 18 heavy (non-hydrogen) atoms. The monoisotopic (exact) mass is 247 g/mol. The highest BCUT2D eigenvalue weighted by atomic mass is 16.5. The van der Waals surface area contributed by atoms with Crippen LogP contribution in [0.1, 0.15) is 24.7 Å². The van der Waals surface area contributed by atoms with Gasteiger partial charge in [-0.1, -0.05) is 30.7 Å². The first-order valence-electron chi connectivity index (χ1n) is 5.99. The summed E-state index contributed by atoms with van der Waals surface area (Å²) in [7, 11) is 1.63. The van der Waals surface area contributed by atoms with Gasteiger partial charge in [0.2, 0.25) is 0 Å². The molecule has 0 spiro atoms. The Bertz CT molecular complexity index is 523. The number of methoxy groups -OCH3 is 1. The van der Waals surface area contributed by atoms with Gasteiger partial charge in [0.05, 0.1) is 19.4 Å². The van der Waals surface area contributed by atoms with Crippen LogP contribution in [0.3, 0.4) is 0 Å². The maximum absolute atomic E-state index is 9.28. The highest BCUT2D eigenvalue weighted by Crippen LogP contribution is 2.24. The molecule has 5 nitrogen and oxygen atoms in total. The van der Waals surface area contributed by atoms with E-state index in [0.717, 1.165) is 30.0 Å². The average Bonchev–Trinajstić information content (AvgIpc) is 2.82. The van der Waals surface area contributed by atoms with E-state index in [1.54, 1.807) is 11.8 Å². The van der Waals surface area contributed by atoms with Gasteiger partial charge in [-0.05, 0) is 18.6 Å². The minimum atomic E-state index is -0.0928. The molecule has 0 saturated heterocycles. The Labute approximate surface area is 106 Å². The lowest BCUT2D eigenvalue weighted by Gasteiger charge is -2.10. The lowest BCUT2D eigenvalue weighted by Crippen LogP contribution is -2.05. The van der Waals surface area contributed by atoms with Gasteiger partial charge >= 0.3 is 0 Å². The number of ether oxygens (including phenoxy) is 1. The molecule has 0 aliphatic rings. The Balaban J connectivity index is 2.52. The topological polar surface area (TPSA) is 60.2 Å². The number of aromatic nitrogens is 3. The first-order valence-corrected chi connectivity index (χ1v) is 5.99. The van der Waals surface area contributed by atoms with Crippen LogP contribution in [0.15, 0.2) is 24.3 Å². The average molecular weight is 247 g/mol. The van der Waals surface area contributed by atoms with Gasteiger partial charge in [0.1, 0.15) is 17.1 Å². The quantitative estimate of drug-likeness (QED) is 0.874. The van der Waals surface area contributed by atoms with Crippen molar-refractivity contribution in [1.82, 2.24) is 15.0 Å². The zero-order valence-corrected chi connectivity index (χ0v) is 10.6. The number of rotatable bonds is 5. The summed E-state index contributed by atoms with van der Waals surface area (Å²) < 4.78 is 7.07. The third-order valence-electron chi connectivity index (χ3n) is 2.79. The Morgan fingerprint density at radius 2 is 2.11 bits per heavy atom. The maximum atomic E-state index is 9.28. The van der Waals surface area contributed by atoms with Gasteiger partial charge in [0.25, 0.3) is 0 Å². The summed E-state index contributed by atoms with van der Waals surface area (Å²) in [5.41, 5.74) is 2.41. The van der Waals surface area contributed by atoms with Crippen LogP contribution in [0.5, 0.6) is 5.75 Å². The predicted octanol–water partition coefficient (Wildman–Crippen LogP) is 1.72.